The Morgan fingerprint density at radius 3 is 2.89 bits per heavy atom. The molecule has 0 saturated heterocycles. The highest BCUT2D eigenvalue weighted by atomic mass is 19.1. The summed E-state index contributed by atoms with van der Waals surface area (Å²) in [5, 5.41) is 12.9. The third-order valence-electron chi connectivity index (χ3n) is 2.78. The van der Waals surface area contributed by atoms with Crippen molar-refractivity contribution in [2.24, 2.45) is 0 Å². The van der Waals surface area contributed by atoms with Crippen LogP contribution in [0.15, 0.2) is 30.5 Å². The lowest BCUT2D eigenvalue weighted by molar-refractivity contribution is 0.305. The molecule has 98 valence electrons. The van der Waals surface area contributed by atoms with Gasteiger partial charge in [0.1, 0.15) is 5.82 Å². The highest BCUT2D eigenvalue weighted by Crippen LogP contribution is 2.13. The number of aliphatic hydroxyl groups excluding tert-OH is 1. The normalized spacial score (nSPS) is 10.1. The largest absolute Gasteiger partial charge is 0.395 e. The molecule has 4 heteroatoms. The fourth-order valence-corrected chi connectivity index (χ4v) is 1.74. The number of nitrogens with zero attached hydrogens (tertiary/aromatic N) is 2. The first kappa shape index (κ1) is 13.3. The van der Waals surface area contributed by atoms with Crippen LogP contribution in [0.2, 0.25) is 0 Å². The van der Waals surface area contributed by atoms with Crippen molar-refractivity contribution in [2.75, 3.05) is 6.61 Å². The minimum Gasteiger partial charge on any atom is -0.395 e. The van der Waals surface area contributed by atoms with Crippen LogP contribution in [-0.4, -0.2) is 21.5 Å². The highest BCUT2D eigenvalue weighted by molar-refractivity contribution is 5.42. The van der Waals surface area contributed by atoms with E-state index in [-0.39, 0.29) is 12.4 Å². The summed E-state index contributed by atoms with van der Waals surface area (Å²) in [6.45, 7) is 2.53. The number of benzene rings is 1. The third-order valence-corrected chi connectivity index (χ3v) is 2.78. The summed E-state index contributed by atoms with van der Waals surface area (Å²) in [6.07, 6.45) is 2.12. The molecule has 19 heavy (non-hydrogen) atoms. The molecular formula is C15H15FN2O. The molecule has 2 rings (SSSR count). The number of halogens is 1. The van der Waals surface area contributed by atoms with Gasteiger partial charge in [0, 0.05) is 23.9 Å². The van der Waals surface area contributed by atoms with Crippen LogP contribution in [0.3, 0.4) is 0 Å². The Morgan fingerprint density at radius 2 is 2.21 bits per heavy atom. The molecule has 0 unspecified atom stereocenters. The summed E-state index contributed by atoms with van der Waals surface area (Å²) >= 11 is 0. The Labute approximate surface area is 111 Å². The molecule has 0 atom stereocenters. The second kappa shape index (κ2) is 6.17. The highest BCUT2D eigenvalue weighted by Gasteiger charge is 2.05. The van der Waals surface area contributed by atoms with Crippen molar-refractivity contribution in [1.29, 1.82) is 0 Å². The average molecular weight is 258 g/mol. The lowest BCUT2D eigenvalue weighted by Gasteiger charge is -2.07. The molecule has 1 aromatic carbocycles. The Bertz CT molecular complexity index is 623. The SMILES string of the molecule is Cc1ccnn1Cc1ccc(F)cc1C#CCCO. The van der Waals surface area contributed by atoms with Crippen LogP contribution in [0.1, 0.15) is 23.2 Å². The van der Waals surface area contributed by atoms with Crippen LogP contribution in [0.4, 0.5) is 4.39 Å². The predicted molar refractivity (Wildman–Crippen MR) is 71.0 cm³/mol. The van der Waals surface area contributed by atoms with E-state index in [1.54, 1.807) is 12.3 Å². The van der Waals surface area contributed by atoms with E-state index >= 15 is 0 Å². The van der Waals surface area contributed by atoms with Crippen molar-refractivity contribution in [3.05, 3.63) is 53.1 Å². The average Bonchev–Trinajstić information content (AvgIpc) is 2.78. The zero-order valence-corrected chi connectivity index (χ0v) is 10.7. The first-order valence-corrected chi connectivity index (χ1v) is 6.07. The maximum Gasteiger partial charge on any atom is 0.124 e. The lowest BCUT2D eigenvalue weighted by Crippen LogP contribution is -2.05. The number of aryl methyl sites for hydroxylation is 1. The molecule has 0 aliphatic carbocycles. The van der Waals surface area contributed by atoms with Crippen molar-refractivity contribution in [3.8, 4) is 11.8 Å². The van der Waals surface area contributed by atoms with Gasteiger partial charge in [0.15, 0.2) is 0 Å². The van der Waals surface area contributed by atoms with Crippen molar-refractivity contribution >= 4 is 0 Å². The van der Waals surface area contributed by atoms with Crippen molar-refractivity contribution in [3.63, 3.8) is 0 Å². The van der Waals surface area contributed by atoms with Gasteiger partial charge in [-0.15, -0.1) is 0 Å². The molecule has 0 fully saturated rings. The molecule has 0 bridgehead atoms. The fraction of sp³-hybridized carbons (Fsp3) is 0.267. The molecule has 1 heterocycles. The maximum atomic E-state index is 13.3. The molecule has 0 amide bonds. The molecular weight excluding hydrogens is 243 g/mol. The monoisotopic (exact) mass is 258 g/mol. The maximum absolute atomic E-state index is 13.3. The van der Waals surface area contributed by atoms with Gasteiger partial charge in [-0.3, -0.25) is 4.68 Å². The molecule has 1 aromatic heterocycles. The van der Waals surface area contributed by atoms with Crippen LogP contribution in [0.5, 0.6) is 0 Å². The minimum atomic E-state index is -0.311. The summed E-state index contributed by atoms with van der Waals surface area (Å²) < 4.78 is 15.1. The molecule has 0 aliphatic rings. The van der Waals surface area contributed by atoms with E-state index in [1.165, 1.54) is 12.1 Å². The summed E-state index contributed by atoms with van der Waals surface area (Å²) in [7, 11) is 0. The van der Waals surface area contributed by atoms with E-state index in [0.29, 0.717) is 18.5 Å². The second-order valence-corrected chi connectivity index (χ2v) is 4.21. The molecule has 3 nitrogen and oxygen atoms in total. The molecule has 0 saturated carbocycles. The van der Waals surface area contributed by atoms with Gasteiger partial charge in [-0.2, -0.15) is 5.10 Å². The van der Waals surface area contributed by atoms with Gasteiger partial charge in [-0.25, -0.2) is 4.39 Å². The quantitative estimate of drug-likeness (QED) is 0.856. The fourth-order valence-electron chi connectivity index (χ4n) is 1.74. The van der Waals surface area contributed by atoms with Gasteiger partial charge in [0.05, 0.1) is 13.2 Å². The second-order valence-electron chi connectivity index (χ2n) is 4.21. The van der Waals surface area contributed by atoms with E-state index in [2.05, 4.69) is 16.9 Å². The first-order chi connectivity index (χ1) is 9.20. The topological polar surface area (TPSA) is 38.0 Å². The van der Waals surface area contributed by atoms with E-state index < -0.39 is 0 Å². The van der Waals surface area contributed by atoms with Crippen LogP contribution in [-0.2, 0) is 6.54 Å². The molecule has 0 aliphatic heterocycles. The van der Waals surface area contributed by atoms with Crippen molar-refractivity contribution in [2.45, 2.75) is 19.9 Å². The number of hydrogen-bond donors (Lipinski definition) is 1. The smallest absolute Gasteiger partial charge is 0.124 e. The molecule has 0 radical (unpaired) electrons. The number of hydrogen-bond acceptors (Lipinski definition) is 2. The van der Waals surface area contributed by atoms with Gasteiger partial charge < -0.3 is 5.11 Å². The molecule has 0 spiro atoms. The van der Waals surface area contributed by atoms with Gasteiger partial charge in [-0.05, 0) is 30.7 Å². The van der Waals surface area contributed by atoms with Crippen molar-refractivity contribution in [1.82, 2.24) is 9.78 Å². The van der Waals surface area contributed by atoms with Crippen LogP contribution in [0.25, 0.3) is 0 Å². The van der Waals surface area contributed by atoms with Crippen LogP contribution in [0, 0.1) is 24.6 Å². The Hall–Kier alpha value is -2.12. The van der Waals surface area contributed by atoms with Gasteiger partial charge in [0.2, 0.25) is 0 Å². The number of aliphatic hydroxyl groups is 1. The lowest BCUT2D eigenvalue weighted by atomic mass is 10.1. The van der Waals surface area contributed by atoms with E-state index in [9.17, 15) is 4.39 Å². The first-order valence-electron chi connectivity index (χ1n) is 6.07. The Kier molecular flexibility index (Phi) is 4.32. The molecule has 1 N–H and O–H groups in total. The number of aromatic nitrogens is 2. The third kappa shape index (κ3) is 3.43. The molecule has 2 aromatic rings. The standard InChI is InChI=1S/C15H15FN2O/c1-12-7-8-17-18(12)11-14-5-6-15(16)10-13(14)4-2-3-9-19/h5-8,10,19H,3,9,11H2,1H3. The van der Waals surface area contributed by atoms with Gasteiger partial charge >= 0.3 is 0 Å². The Balaban J connectivity index is 2.30. The Morgan fingerprint density at radius 1 is 1.37 bits per heavy atom. The summed E-state index contributed by atoms with van der Waals surface area (Å²) in [5.74, 6) is 5.40. The van der Waals surface area contributed by atoms with E-state index in [0.717, 1.165) is 11.3 Å². The van der Waals surface area contributed by atoms with Crippen molar-refractivity contribution < 1.29 is 9.50 Å². The zero-order valence-electron chi connectivity index (χ0n) is 10.7. The van der Waals surface area contributed by atoms with Gasteiger partial charge in [-0.1, -0.05) is 17.9 Å². The number of rotatable bonds is 3. The minimum absolute atomic E-state index is 0.00983. The summed E-state index contributed by atoms with van der Waals surface area (Å²) in [4.78, 5) is 0. The zero-order chi connectivity index (χ0) is 13.7. The predicted octanol–water partition coefficient (Wildman–Crippen LogP) is 2.11. The summed E-state index contributed by atoms with van der Waals surface area (Å²) in [6, 6.07) is 6.48. The summed E-state index contributed by atoms with van der Waals surface area (Å²) in [5.41, 5.74) is 2.60. The van der Waals surface area contributed by atoms with Crippen LogP contribution >= 0.6 is 0 Å². The van der Waals surface area contributed by atoms with E-state index in [4.69, 9.17) is 5.11 Å². The van der Waals surface area contributed by atoms with Gasteiger partial charge in [0.25, 0.3) is 0 Å². The van der Waals surface area contributed by atoms with Crippen LogP contribution < -0.4 is 0 Å². The van der Waals surface area contributed by atoms with E-state index in [1.807, 2.05) is 17.7 Å².